The molecule has 4 aromatic rings. The van der Waals surface area contributed by atoms with Crippen LogP contribution >= 0.6 is 0 Å². The first-order valence-corrected chi connectivity index (χ1v) is 26.3. The lowest BCUT2D eigenvalue weighted by molar-refractivity contribution is 0.282. The lowest BCUT2D eigenvalue weighted by atomic mass is 9.70. The molecule has 51 heavy (non-hydrogen) atoms. The summed E-state index contributed by atoms with van der Waals surface area (Å²) in [4.78, 5) is 0. The van der Waals surface area contributed by atoms with Crippen molar-refractivity contribution in [2.24, 2.45) is 0 Å². The van der Waals surface area contributed by atoms with Crippen molar-refractivity contribution in [1.29, 1.82) is 0 Å². The number of hydrogen-bond acceptors (Lipinski definition) is 2. The van der Waals surface area contributed by atoms with Crippen molar-refractivity contribution >= 4 is 36.9 Å². The highest BCUT2D eigenvalue weighted by Crippen LogP contribution is 2.54. The van der Waals surface area contributed by atoms with Gasteiger partial charge in [-0.3, -0.25) is 0 Å². The molecule has 0 radical (unpaired) electrons. The maximum absolute atomic E-state index is 10.4. The highest BCUT2D eigenvalue weighted by molar-refractivity contribution is 7.01. The Bertz CT molecular complexity index is 1590. The van der Waals surface area contributed by atoms with E-state index in [4.69, 9.17) is 0 Å². The molecule has 0 aliphatic heterocycles. The summed E-state index contributed by atoms with van der Waals surface area (Å²) >= 11 is 0. The molecule has 2 nitrogen and oxygen atoms in total. The first kappa shape index (κ1) is 39.4. The second-order valence-electron chi connectivity index (χ2n) is 16.5. The second kappa shape index (κ2) is 17.8. The molecule has 4 heteroatoms. The molecule has 1 aliphatic rings. The van der Waals surface area contributed by atoms with E-state index in [9.17, 15) is 10.2 Å². The van der Waals surface area contributed by atoms with Gasteiger partial charge >= 0.3 is 0 Å². The van der Waals surface area contributed by atoms with Crippen molar-refractivity contribution < 1.29 is 10.2 Å². The molecular formula is C47H66O2Si2. The second-order valence-corrected chi connectivity index (χ2v) is 25.3. The minimum absolute atomic E-state index is 0.00580. The molecular weight excluding hydrogens is 653 g/mol. The molecule has 0 atom stereocenters. The Morgan fingerprint density at radius 3 is 1.24 bits per heavy atom. The monoisotopic (exact) mass is 718 g/mol. The van der Waals surface area contributed by atoms with Crippen molar-refractivity contribution in [3.63, 3.8) is 0 Å². The Kier molecular flexibility index (Phi) is 13.8. The summed E-state index contributed by atoms with van der Waals surface area (Å²) in [6.07, 6.45) is 18.1. The Morgan fingerprint density at radius 2 is 0.843 bits per heavy atom. The number of fused-ring (bicyclic) bond motifs is 3. The predicted octanol–water partition coefficient (Wildman–Crippen LogP) is 10.1. The topological polar surface area (TPSA) is 40.5 Å². The predicted molar refractivity (Wildman–Crippen MR) is 227 cm³/mol. The van der Waals surface area contributed by atoms with Crippen molar-refractivity contribution in [3.8, 4) is 11.1 Å². The normalized spacial score (nSPS) is 13.7. The van der Waals surface area contributed by atoms with Crippen LogP contribution in [0.3, 0.4) is 0 Å². The van der Waals surface area contributed by atoms with Gasteiger partial charge in [-0.1, -0.05) is 212 Å². The molecule has 4 aromatic carbocycles. The average molecular weight is 719 g/mol. The fourth-order valence-corrected chi connectivity index (χ4v) is 14.8. The zero-order valence-corrected chi connectivity index (χ0v) is 34.8. The third-order valence-corrected chi connectivity index (χ3v) is 19.6. The minimum atomic E-state index is -2.11. The lowest BCUT2D eigenvalue weighted by Crippen LogP contribution is -2.54. The summed E-state index contributed by atoms with van der Waals surface area (Å²) in [7, 11) is -4.22. The fourth-order valence-electron chi connectivity index (χ4n) is 9.20. The summed E-state index contributed by atoms with van der Waals surface area (Å²) in [5, 5.41) is 26.3. The molecule has 0 spiro atoms. The van der Waals surface area contributed by atoms with Gasteiger partial charge in [0.05, 0.1) is 13.2 Å². The number of rotatable bonds is 20. The quantitative estimate of drug-likeness (QED) is 0.0706. The van der Waals surface area contributed by atoms with Gasteiger partial charge in [0, 0.05) is 5.41 Å². The highest BCUT2D eigenvalue weighted by Gasteiger charge is 2.44. The molecule has 0 saturated carbocycles. The van der Waals surface area contributed by atoms with E-state index in [2.05, 4.69) is 125 Å². The molecule has 0 bridgehead atoms. The summed E-state index contributed by atoms with van der Waals surface area (Å²) in [5.74, 6) is 0. The van der Waals surface area contributed by atoms with Gasteiger partial charge in [0.1, 0.15) is 16.1 Å². The molecule has 2 N–H and O–H groups in total. The Labute approximate surface area is 312 Å². The minimum Gasteiger partial charge on any atom is -0.392 e. The molecule has 0 aromatic heterocycles. The molecule has 0 fully saturated rings. The Balaban J connectivity index is 1.65. The van der Waals surface area contributed by atoms with E-state index in [1.54, 1.807) is 11.1 Å². The van der Waals surface area contributed by atoms with Gasteiger partial charge in [-0.2, -0.15) is 0 Å². The largest absolute Gasteiger partial charge is 0.392 e. The van der Waals surface area contributed by atoms with Crippen molar-refractivity contribution in [3.05, 3.63) is 107 Å². The van der Waals surface area contributed by atoms with Gasteiger partial charge < -0.3 is 10.2 Å². The summed E-state index contributed by atoms with van der Waals surface area (Å²) in [6.45, 7) is 14.7. The molecule has 5 rings (SSSR count). The molecule has 1 aliphatic carbocycles. The highest BCUT2D eigenvalue weighted by atomic mass is 28.3. The SMILES string of the molecule is CCCCCCCCC1(CCCCCCCC)c2cc([Si](C)(C)c3ccccc3CO)ccc2-c2ccc([Si](C)(C)c3ccccc3CO)cc21. The van der Waals surface area contributed by atoms with Crippen LogP contribution in [0.4, 0.5) is 0 Å². The van der Waals surface area contributed by atoms with Crippen LogP contribution in [0.5, 0.6) is 0 Å². The van der Waals surface area contributed by atoms with E-state index in [1.165, 1.54) is 122 Å². The van der Waals surface area contributed by atoms with E-state index in [1.807, 2.05) is 0 Å². The summed E-state index contributed by atoms with van der Waals surface area (Å²) in [5.41, 5.74) is 8.14. The van der Waals surface area contributed by atoms with Crippen LogP contribution in [0, 0.1) is 0 Å². The Hall–Kier alpha value is -2.77. The summed E-state index contributed by atoms with van der Waals surface area (Å²) < 4.78 is 0. The number of benzene rings is 4. The third kappa shape index (κ3) is 8.40. The Morgan fingerprint density at radius 1 is 0.471 bits per heavy atom. The van der Waals surface area contributed by atoms with Crippen molar-refractivity contribution in [2.45, 2.75) is 149 Å². The van der Waals surface area contributed by atoms with Gasteiger partial charge in [0.2, 0.25) is 0 Å². The van der Waals surface area contributed by atoms with E-state index in [-0.39, 0.29) is 18.6 Å². The molecule has 0 heterocycles. The first-order valence-electron chi connectivity index (χ1n) is 20.3. The number of hydrogen-bond donors (Lipinski definition) is 2. The number of aliphatic hydroxyl groups excluding tert-OH is 2. The smallest absolute Gasteiger partial charge is 0.112 e. The molecule has 0 unspecified atom stereocenters. The maximum Gasteiger partial charge on any atom is 0.112 e. The molecule has 0 amide bonds. The van der Waals surface area contributed by atoms with Crippen molar-refractivity contribution in [2.75, 3.05) is 0 Å². The molecule has 0 saturated heterocycles. The van der Waals surface area contributed by atoms with E-state index in [0.29, 0.717) is 0 Å². The standard InChI is InChI=1S/C47H66O2Si2/c1-7-9-11-13-15-21-31-47(32-22-16-14-12-10-8-2)43-33-39(50(3,4)45-25-19-17-23-37(45)35-48)27-29-41(43)42-30-28-40(34-44(42)47)51(5,6)46-26-20-18-24-38(46)36-49/h17-20,23-30,33-34,48-49H,7-16,21-22,31-32,35-36H2,1-6H3. The first-order chi connectivity index (χ1) is 24.6. The van der Waals surface area contributed by atoms with E-state index >= 15 is 0 Å². The lowest BCUT2D eigenvalue weighted by Gasteiger charge is -2.35. The zero-order chi connectivity index (χ0) is 36.5. The van der Waals surface area contributed by atoms with Crippen molar-refractivity contribution in [1.82, 2.24) is 0 Å². The van der Waals surface area contributed by atoms with Gasteiger partial charge in [0.15, 0.2) is 0 Å². The third-order valence-electron chi connectivity index (χ3n) is 12.4. The van der Waals surface area contributed by atoms with Crippen LogP contribution in [0.25, 0.3) is 11.1 Å². The van der Waals surface area contributed by atoms with E-state index in [0.717, 1.165) is 11.1 Å². The van der Waals surface area contributed by atoms with Crippen LogP contribution in [-0.2, 0) is 18.6 Å². The van der Waals surface area contributed by atoms with Gasteiger partial charge in [0.25, 0.3) is 0 Å². The van der Waals surface area contributed by atoms with Crippen LogP contribution in [0.1, 0.15) is 126 Å². The fraction of sp³-hybridized carbons (Fsp3) is 0.489. The van der Waals surface area contributed by atoms with Crippen LogP contribution in [0.2, 0.25) is 26.2 Å². The van der Waals surface area contributed by atoms with E-state index < -0.39 is 16.1 Å². The maximum atomic E-state index is 10.4. The van der Waals surface area contributed by atoms with Gasteiger partial charge in [-0.05, 0) is 56.6 Å². The number of unbranched alkanes of at least 4 members (excludes halogenated alkanes) is 10. The average Bonchev–Trinajstić information content (AvgIpc) is 3.42. The number of aliphatic hydroxyl groups is 2. The van der Waals surface area contributed by atoms with Crippen LogP contribution < -0.4 is 20.7 Å². The van der Waals surface area contributed by atoms with Gasteiger partial charge in [-0.25, -0.2) is 0 Å². The van der Waals surface area contributed by atoms with Crippen LogP contribution in [-0.4, -0.2) is 26.4 Å². The molecule has 274 valence electrons. The van der Waals surface area contributed by atoms with Gasteiger partial charge in [-0.15, -0.1) is 0 Å². The van der Waals surface area contributed by atoms with Crippen LogP contribution in [0.15, 0.2) is 84.9 Å². The summed E-state index contributed by atoms with van der Waals surface area (Å²) in [6, 6.07) is 32.3. The zero-order valence-electron chi connectivity index (χ0n) is 32.8.